The molecule has 0 fully saturated rings. The van der Waals surface area contributed by atoms with E-state index in [1.54, 1.807) is 0 Å². The van der Waals surface area contributed by atoms with E-state index in [1.165, 1.54) is 51.9 Å². The topological polar surface area (TPSA) is 0 Å². The average Bonchev–Trinajstić information content (AvgIpc) is 3.38. The molecule has 0 aliphatic heterocycles. The molecule has 4 aromatic carbocycles. The van der Waals surface area contributed by atoms with Gasteiger partial charge in [0.25, 0.3) is 0 Å². The maximum absolute atomic E-state index is 3.28. The van der Waals surface area contributed by atoms with Crippen molar-refractivity contribution >= 4 is 27.6 Å². The summed E-state index contributed by atoms with van der Waals surface area (Å²) in [5.41, 5.74) is 4.02. The van der Waals surface area contributed by atoms with Gasteiger partial charge in [0, 0.05) is 44.1 Å². The largest absolute Gasteiger partial charge is 0.126 e. The van der Waals surface area contributed by atoms with E-state index in [4.69, 9.17) is 0 Å². The fraction of sp³-hybridized carbons (Fsp3) is 0.233. The van der Waals surface area contributed by atoms with Crippen LogP contribution in [0.2, 0.25) is 0 Å². The SMILES string of the molecule is CCC1C=Cc2ccccc21.CCCCC#Cc1ccc2[cH-]c3ccccc3c2c1.[Zr]. The molecule has 154 valence electrons. The average molecular weight is 481 g/mol. The predicted molar refractivity (Wildman–Crippen MR) is 132 cm³/mol. The summed E-state index contributed by atoms with van der Waals surface area (Å²) in [6.45, 7) is 4.43. The van der Waals surface area contributed by atoms with E-state index in [1.807, 2.05) is 0 Å². The molecule has 0 saturated heterocycles. The minimum absolute atomic E-state index is 0. The van der Waals surface area contributed by atoms with Crippen molar-refractivity contribution in [2.45, 2.75) is 45.4 Å². The molecular weight excluding hydrogens is 452 g/mol. The summed E-state index contributed by atoms with van der Waals surface area (Å²) in [4.78, 5) is 0. The first-order valence-corrected chi connectivity index (χ1v) is 11.1. The molecule has 1 heteroatoms. The number of allylic oxidation sites excluding steroid dienone is 1. The number of hydrogen-bond donors (Lipinski definition) is 0. The Morgan fingerprint density at radius 1 is 0.871 bits per heavy atom. The fourth-order valence-corrected chi connectivity index (χ4v) is 4.14. The molecule has 0 heterocycles. The minimum atomic E-state index is 0. The van der Waals surface area contributed by atoms with Gasteiger partial charge in [0.05, 0.1) is 0 Å². The van der Waals surface area contributed by atoms with Gasteiger partial charge < -0.3 is 0 Å². The van der Waals surface area contributed by atoms with Crippen LogP contribution in [0, 0.1) is 11.8 Å². The van der Waals surface area contributed by atoms with Crippen molar-refractivity contribution in [2.24, 2.45) is 0 Å². The number of hydrogen-bond acceptors (Lipinski definition) is 0. The zero-order valence-electron chi connectivity index (χ0n) is 18.5. The van der Waals surface area contributed by atoms with Crippen LogP contribution in [0.3, 0.4) is 0 Å². The van der Waals surface area contributed by atoms with Gasteiger partial charge in [0.15, 0.2) is 0 Å². The molecule has 0 saturated carbocycles. The Bertz CT molecular complexity index is 1230. The molecule has 1 aliphatic carbocycles. The Hall–Kier alpha value is -2.29. The van der Waals surface area contributed by atoms with Crippen molar-refractivity contribution in [2.75, 3.05) is 0 Å². The first-order valence-electron chi connectivity index (χ1n) is 11.1. The summed E-state index contributed by atoms with van der Waals surface area (Å²) in [5, 5.41) is 5.27. The van der Waals surface area contributed by atoms with E-state index in [0.717, 1.165) is 12.0 Å². The molecule has 5 rings (SSSR count). The Morgan fingerprint density at radius 3 is 2.48 bits per heavy atom. The molecular formula is C30H29Zr-. The van der Waals surface area contributed by atoms with E-state index in [9.17, 15) is 0 Å². The van der Waals surface area contributed by atoms with Crippen molar-refractivity contribution in [3.8, 4) is 11.8 Å². The third-order valence-corrected chi connectivity index (χ3v) is 5.85. The van der Waals surface area contributed by atoms with Gasteiger partial charge in [-0.25, -0.2) is 0 Å². The van der Waals surface area contributed by atoms with Gasteiger partial charge >= 0.3 is 0 Å². The summed E-state index contributed by atoms with van der Waals surface area (Å²) >= 11 is 0. The van der Waals surface area contributed by atoms with Crippen LogP contribution in [0.15, 0.2) is 78.9 Å². The van der Waals surface area contributed by atoms with Crippen molar-refractivity contribution in [3.63, 3.8) is 0 Å². The van der Waals surface area contributed by atoms with Crippen LogP contribution in [-0.4, -0.2) is 0 Å². The summed E-state index contributed by atoms with van der Waals surface area (Å²) < 4.78 is 0. The third-order valence-electron chi connectivity index (χ3n) is 5.85. The van der Waals surface area contributed by atoms with E-state index in [0.29, 0.717) is 5.92 Å². The van der Waals surface area contributed by atoms with E-state index in [2.05, 4.69) is 111 Å². The smallest absolute Gasteiger partial charge is 0.00970 e. The van der Waals surface area contributed by atoms with Gasteiger partial charge in [-0.15, -0.1) is 39.7 Å². The molecule has 4 aromatic rings. The molecule has 0 spiro atoms. The maximum Gasteiger partial charge on any atom is 0.00970 e. The second kappa shape index (κ2) is 11.4. The van der Waals surface area contributed by atoms with E-state index >= 15 is 0 Å². The summed E-state index contributed by atoms with van der Waals surface area (Å²) in [7, 11) is 0. The zero-order valence-corrected chi connectivity index (χ0v) is 20.9. The van der Waals surface area contributed by atoms with Crippen LogP contribution in [0.1, 0.15) is 62.1 Å². The Kier molecular flexibility index (Phi) is 8.57. The van der Waals surface area contributed by atoms with Crippen LogP contribution in [-0.2, 0) is 26.2 Å². The quantitative estimate of drug-likeness (QED) is 0.157. The number of benzene rings is 3. The van der Waals surface area contributed by atoms with Gasteiger partial charge in [0.2, 0.25) is 0 Å². The van der Waals surface area contributed by atoms with Crippen LogP contribution >= 0.6 is 0 Å². The van der Waals surface area contributed by atoms with Crippen LogP contribution in [0.25, 0.3) is 27.6 Å². The van der Waals surface area contributed by atoms with Crippen LogP contribution in [0.5, 0.6) is 0 Å². The van der Waals surface area contributed by atoms with Crippen molar-refractivity contribution in [3.05, 3.63) is 95.6 Å². The monoisotopic (exact) mass is 479 g/mol. The Labute approximate surface area is 205 Å². The maximum atomic E-state index is 3.28. The van der Waals surface area contributed by atoms with Crippen LogP contribution in [0.4, 0.5) is 0 Å². The van der Waals surface area contributed by atoms with E-state index in [-0.39, 0.29) is 26.2 Å². The molecule has 1 unspecified atom stereocenters. The van der Waals surface area contributed by atoms with Crippen LogP contribution < -0.4 is 0 Å². The first kappa shape index (κ1) is 23.4. The second-order valence-electron chi connectivity index (χ2n) is 7.94. The third kappa shape index (κ3) is 5.50. The Morgan fingerprint density at radius 2 is 1.65 bits per heavy atom. The molecule has 0 bridgehead atoms. The van der Waals surface area contributed by atoms with E-state index < -0.39 is 0 Å². The molecule has 1 atom stereocenters. The summed E-state index contributed by atoms with van der Waals surface area (Å²) in [6.07, 6.45) is 9.13. The summed E-state index contributed by atoms with van der Waals surface area (Å²) in [5.74, 6) is 7.21. The number of rotatable bonds is 3. The zero-order chi connectivity index (χ0) is 20.8. The molecule has 0 amide bonds. The predicted octanol–water partition coefficient (Wildman–Crippen LogP) is 8.46. The number of unbranched alkanes of at least 4 members (excludes halogenated alkanes) is 2. The molecule has 0 radical (unpaired) electrons. The summed E-state index contributed by atoms with van der Waals surface area (Å²) in [6, 6.07) is 25.9. The minimum Gasteiger partial charge on any atom is -0.126 e. The number of fused-ring (bicyclic) bond motifs is 4. The van der Waals surface area contributed by atoms with Gasteiger partial charge in [-0.2, -0.15) is 0 Å². The Balaban J connectivity index is 0.000000194. The molecule has 31 heavy (non-hydrogen) atoms. The van der Waals surface area contributed by atoms with Gasteiger partial charge in [0.1, 0.15) is 0 Å². The van der Waals surface area contributed by atoms with Gasteiger partial charge in [-0.3, -0.25) is 0 Å². The molecule has 0 nitrogen and oxygen atoms in total. The van der Waals surface area contributed by atoms with Crippen molar-refractivity contribution in [1.29, 1.82) is 0 Å². The second-order valence-corrected chi connectivity index (χ2v) is 7.94. The van der Waals surface area contributed by atoms with Gasteiger partial charge in [-0.05, 0) is 24.0 Å². The normalized spacial score (nSPS) is 13.7. The van der Waals surface area contributed by atoms with Crippen molar-refractivity contribution in [1.82, 2.24) is 0 Å². The molecule has 0 N–H and O–H groups in total. The van der Waals surface area contributed by atoms with Gasteiger partial charge in [-0.1, -0.05) is 98.9 Å². The molecule has 0 aromatic heterocycles. The molecule has 1 aliphatic rings. The van der Waals surface area contributed by atoms with Crippen molar-refractivity contribution < 1.29 is 26.2 Å². The fourth-order valence-electron chi connectivity index (χ4n) is 4.14. The first-order chi connectivity index (χ1) is 14.8. The standard InChI is InChI=1S/C19H17.C11H12.Zr/c1-2-3-4-5-8-15-11-12-17-14-16-9-6-7-10-18(16)19(17)13-15;1-2-9-7-8-10-5-3-4-6-11(9)10;/h6-7,9-14H,2-4H2,1H3;3-9H,2H2,1H3;/q-1;;.